The predicted octanol–water partition coefficient (Wildman–Crippen LogP) is 2.79. The average Bonchev–Trinajstić information content (AvgIpc) is 2.94. The van der Waals surface area contributed by atoms with E-state index in [0.717, 1.165) is 42.8 Å². The zero-order valence-electron chi connectivity index (χ0n) is 18.6. The molecule has 7 nitrogen and oxygen atoms in total. The molecule has 3 rings (SSSR count). The topological polar surface area (TPSA) is 71.9 Å². The quantitative estimate of drug-likeness (QED) is 0.529. The third kappa shape index (κ3) is 4.30. The second kappa shape index (κ2) is 9.49. The first-order valence-corrected chi connectivity index (χ1v) is 11.0. The van der Waals surface area contributed by atoms with Gasteiger partial charge in [0.05, 0.1) is 12.2 Å². The number of rotatable bonds is 6. The molecule has 1 saturated heterocycles. The molecule has 0 spiro atoms. The lowest BCUT2D eigenvalue weighted by molar-refractivity contribution is -0.142. The van der Waals surface area contributed by atoms with Crippen molar-refractivity contribution in [2.45, 2.75) is 53.5 Å². The number of amides is 2. The minimum atomic E-state index is -0.361. The summed E-state index contributed by atoms with van der Waals surface area (Å²) >= 11 is 0. The van der Waals surface area contributed by atoms with Crippen LogP contribution in [0.5, 0.6) is 0 Å². The molecule has 2 fully saturated rings. The van der Waals surface area contributed by atoms with E-state index in [2.05, 4.69) is 4.57 Å². The van der Waals surface area contributed by atoms with E-state index in [1.165, 1.54) is 6.08 Å². The van der Waals surface area contributed by atoms with Crippen LogP contribution in [-0.4, -0.2) is 64.9 Å². The van der Waals surface area contributed by atoms with E-state index in [9.17, 15) is 14.4 Å². The third-order valence-corrected chi connectivity index (χ3v) is 6.38. The van der Waals surface area contributed by atoms with Crippen molar-refractivity contribution >= 4 is 23.9 Å². The fourth-order valence-electron chi connectivity index (χ4n) is 4.37. The molecule has 0 atom stereocenters. The van der Waals surface area contributed by atoms with Crippen LogP contribution in [-0.2, 0) is 20.9 Å². The van der Waals surface area contributed by atoms with Gasteiger partial charge in [0, 0.05) is 61.7 Å². The van der Waals surface area contributed by atoms with E-state index in [0.29, 0.717) is 38.3 Å². The van der Waals surface area contributed by atoms with Crippen LogP contribution in [0.2, 0.25) is 0 Å². The highest BCUT2D eigenvalue weighted by Crippen LogP contribution is 2.29. The van der Waals surface area contributed by atoms with Crippen molar-refractivity contribution < 1.29 is 19.1 Å². The van der Waals surface area contributed by atoms with Gasteiger partial charge >= 0.3 is 5.97 Å². The van der Waals surface area contributed by atoms with Crippen LogP contribution < -0.4 is 0 Å². The SMILES string of the molecule is CCOC(=O)c1c(/C=C/C(=O)N2CCN(C(=O)C3CCC3)CC2)c(C)n(CC)c1C. The molecule has 2 aliphatic rings. The fraction of sp³-hybridized carbons (Fsp3) is 0.609. The van der Waals surface area contributed by atoms with E-state index < -0.39 is 0 Å². The maximum atomic E-state index is 12.7. The average molecular weight is 416 g/mol. The summed E-state index contributed by atoms with van der Waals surface area (Å²) in [5.41, 5.74) is 3.05. The van der Waals surface area contributed by atoms with Gasteiger partial charge in [-0.05, 0) is 46.6 Å². The Bertz CT molecular complexity index is 843. The Hall–Kier alpha value is -2.57. The lowest BCUT2D eigenvalue weighted by atomic mass is 9.84. The second-order valence-electron chi connectivity index (χ2n) is 8.04. The number of piperazine rings is 1. The highest BCUT2D eigenvalue weighted by molar-refractivity contribution is 5.99. The second-order valence-corrected chi connectivity index (χ2v) is 8.04. The highest BCUT2D eigenvalue weighted by atomic mass is 16.5. The number of hydrogen-bond acceptors (Lipinski definition) is 4. The van der Waals surface area contributed by atoms with Crippen LogP contribution in [0, 0.1) is 19.8 Å². The number of aromatic nitrogens is 1. The largest absolute Gasteiger partial charge is 0.462 e. The Kier molecular flexibility index (Phi) is 7.00. The molecule has 0 unspecified atom stereocenters. The monoisotopic (exact) mass is 415 g/mol. The Morgan fingerprint density at radius 2 is 1.63 bits per heavy atom. The molecular formula is C23H33N3O4. The molecule has 0 N–H and O–H groups in total. The third-order valence-electron chi connectivity index (χ3n) is 6.38. The smallest absolute Gasteiger partial charge is 0.340 e. The summed E-state index contributed by atoms with van der Waals surface area (Å²) in [6.45, 7) is 11.0. The lowest BCUT2D eigenvalue weighted by Gasteiger charge is -2.37. The Morgan fingerprint density at radius 3 is 2.17 bits per heavy atom. The molecule has 1 aliphatic carbocycles. The molecule has 30 heavy (non-hydrogen) atoms. The van der Waals surface area contributed by atoms with Gasteiger partial charge in [0.2, 0.25) is 11.8 Å². The highest BCUT2D eigenvalue weighted by Gasteiger charge is 2.31. The lowest BCUT2D eigenvalue weighted by Crippen LogP contribution is -2.52. The van der Waals surface area contributed by atoms with Gasteiger partial charge in [0.1, 0.15) is 0 Å². The van der Waals surface area contributed by atoms with Crippen molar-refractivity contribution in [3.63, 3.8) is 0 Å². The van der Waals surface area contributed by atoms with E-state index in [4.69, 9.17) is 4.74 Å². The molecule has 0 bridgehead atoms. The van der Waals surface area contributed by atoms with Gasteiger partial charge in [0.25, 0.3) is 0 Å². The molecule has 0 aromatic carbocycles. The zero-order valence-corrected chi connectivity index (χ0v) is 18.6. The first-order valence-electron chi connectivity index (χ1n) is 11.0. The van der Waals surface area contributed by atoms with Gasteiger partial charge in [-0.2, -0.15) is 0 Å². The first-order chi connectivity index (χ1) is 14.4. The number of hydrogen-bond donors (Lipinski definition) is 0. The molecule has 2 heterocycles. The first kappa shape index (κ1) is 22.1. The minimum Gasteiger partial charge on any atom is -0.462 e. The van der Waals surface area contributed by atoms with Crippen molar-refractivity contribution in [1.29, 1.82) is 0 Å². The van der Waals surface area contributed by atoms with Gasteiger partial charge in [-0.1, -0.05) is 6.42 Å². The van der Waals surface area contributed by atoms with Crippen LogP contribution >= 0.6 is 0 Å². The van der Waals surface area contributed by atoms with Crippen molar-refractivity contribution in [2.75, 3.05) is 32.8 Å². The van der Waals surface area contributed by atoms with Gasteiger partial charge in [-0.25, -0.2) is 4.79 Å². The summed E-state index contributed by atoms with van der Waals surface area (Å²) < 4.78 is 7.29. The molecule has 1 aliphatic heterocycles. The number of carbonyl (C=O) groups is 3. The van der Waals surface area contributed by atoms with Crippen LogP contribution in [0.4, 0.5) is 0 Å². The van der Waals surface area contributed by atoms with E-state index >= 15 is 0 Å². The standard InChI is InChI=1S/C23H33N3O4/c1-5-26-16(3)19(21(17(26)4)23(29)30-6-2)10-11-20(27)24-12-14-25(15-13-24)22(28)18-8-7-9-18/h10-11,18H,5-9,12-15H2,1-4H3/b11-10+. The van der Waals surface area contributed by atoms with Crippen LogP contribution in [0.15, 0.2) is 6.08 Å². The van der Waals surface area contributed by atoms with Gasteiger partial charge in [0.15, 0.2) is 0 Å². The predicted molar refractivity (Wildman–Crippen MR) is 115 cm³/mol. The van der Waals surface area contributed by atoms with Crippen LogP contribution in [0.3, 0.4) is 0 Å². The van der Waals surface area contributed by atoms with Gasteiger partial charge in [-0.15, -0.1) is 0 Å². The number of nitrogens with zero attached hydrogens (tertiary/aromatic N) is 3. The molecule has 164 valence electrons. The summed E-state index contributed by atoms with van der Waals surface area (Å²) in [5, 5.41) is 0. The minimum absolute atomic E-state index is 0.0955. The van der Waals surface area contributed by atoms with Gasteiger partial charge < -0.3 is 19.1 Å². The maximum Gasteiger partial charge on any atom is 0.340 e. The van der Waals surface area contributed by atoms with E-state index in [1.807, 2.05) is 25.7 Å². The van der Waals surface area contributed by atoms with E-state index in [1.54, 1.807) is 17.9 Å². The Morgan fingerprint density at radius 1 is 1.00 bits per heavy atom. The zero-order chi connectivity index (χ0) is 21.8. The normalized spacial score (nSPS) is 17.3. The van der Waals surface area contributed by atoms with E-state index in [-0.39, 0.29) is 23.7 Å². The summed E-state index contributed by atoms with van der Waals surface area (Å²) in [4.78, 5) is 41.3. The Labute approximate surface area is 178 Å². The van der Waals surface area contributed by atoms with Gasteiger partial charge in [-0.3, -0.25) is 9.59 Å². The molecule has 7 heteroatoms. The van der Waals surface area contributed by atoms with Crippen LogP contribution in [0.1, 0.15) is 60.4 Å². The molecular weight excluding hydrogens is 382 g/mol. The molecule has 1 saturated carbocycles. The summed E-state index contributed by atoms with van der Waals surface area (Å²) in [5.74, 6) is -0.0142. The summed E-state index contributed by atoms with van der Waals surface area (Å²) in [6.07, 6.45) is 6.41. The number of carbonyl (C=O) groups excluding carboxylic acids is 3. The number of esters is 1. The van der Waals surface area contributed by atoms with Crippen molar-refractivity contribution in [3.8, 4) is 0 Å². The maximum absolute atomic E-state index is 12.7. The van der Waals surface area contributed by atoms with Crippen molar-refractivity contribution in [1.82, 2.24) is 14.4 Å². The fourth-order valence-corrected chi connectivity index (χ4v) is 4.37. The molecule has 0 radical (unpaired) electrons. The van der Waals surface area contributed by atoms with Crippen LogP contribution in [0.25, 0.3) is 6.08 Å². The van der Waals surface area contributed by atoms with Crippen molar-refractivity contribution in [3.05, 3.63) is 28.6 Å². The number of ether oxygens (including phenoxy) is 1. The summed E-state index contributed by atoms with van der Waals surface area (Å²) in [7, 11) is 0. The summed E-state index contributed by atoms with van der Waals surface area (Å²) in [6, 6.07) is 0. The molecule has 2 amide bonds. The van der Waals surface area contributed by atoms with Crippen molar-refractivity contribution in [2.24, 2.45) is 5.92 Å². The Balaban J connectivity index is 1.69. The molecule has 1 aromatic rings. The molecule has 1 aromatic heterocycles.